The standard InChI is InChI=1S/C6H13NO3/c1-6(8)4-7(9)2-3-10-5-6/h7-8H,2-5H2,1H3. The summed E-state index contributed by atoms with van der Waals surface area (Å²) in [5.41, 5.74) is -0.937. The molecule has 0 radical (unpaired) electrons. The lowest BCUT2D eigenvalue weighted by Crippen LogP contribution is -3.09. The van der Waals surface area contributed by atoms with Crippen molar-refractivity contribution in [1.29, 1.82) is 0 Å². The van der Waals surface area contributed by atoms with Crippen LogP contribution in [-0.4, -0.2) is 37.0 Å². The second-order valence-electron chi connectivity index (χ2n) is 3.01. The normalized spacial score (nSPS) is 42.9. The summed E-state index contributed by atoms with van der Waals surface area (Å²) in [6.45, 7) is 3.02. The molecule has 1 aliphatic heterocycles. The van der Waals surface area contributed by atoms with Gasteiger partial charge in [0.05, 0.1) is 13.2 Å². The SMILES string of the molecule is CC1(O)COCC[NH+]([O-])C1. The van der Waals surface area contributed by atoms with E-state index in [2.05, 4.69) is 0 Å². The Bertz CT molecular complexity index is 116. The Morgan fingerprint density at radius 2 is 2.40 bits per heavy atom. The van der Waals surface area contributed by atoms with Crippen LogP contribution in [0.1, 0.15) is 6.92 Å². The third-order valence-electron chi connectivity index (χ3n) is 1.52. The molecule has 0 aromatic rings. The van der Waals surface area contributed by atoms with Gasteiger partial charge in [0.15, 0.2) is 0 Å². The maximum atomic E-state index is 10.9. The first-order chi connectivity index (χ1) is 4.60. The van der Waals surface area contributed by atoms with Crippen molar-refractivity contribution in [3.8, 4) is 0 Å². The summed E-state index contributed by atoms with van der Waals surface area (Å²) in [6, 6.07) is 0. The Balaban J connectivity index is 2.46. The van der Waals surface area contributed by atoms with Gasteiger partial charge in [0.2, 0.25) is 0 Å². The highest BCUT2D eigenvalue weighted by Crippen LogP contribution is 2.01. The van der Waals surface area contributed by atoms with Gasteiger partial charge in [-0.1, -0.05) is 0 Å². The quantitative estimate of drug-likeness (QED) is 0.395. The van der Waals surface area contributed by atoms with Crippen LogP contribution in [0.5, 0.6) is 0 Å². The molecule has 0 aromatic carbocycles. The van der Waals surface area contributed by atoms with E-state index in [1.54, 1.807) is 6.92 Å². The number of hydroxylamine groups is 2. The molecule has 0 saturated carbocycles. The fourth-order valence-corrected chi connectivity index (χ4v) is 1.04. The average Bonchev–Trinajstić information content (AvgIpc) is 1.90. The van der Waals surface area contributed by atoms with Gasteiger partial charge in [-0.25, -0.2) is 0 Å². The van der Waals surface area contributed by atoms with Crippen LogP contribution in [0.25, 0.3) is 0 Å². The molecule has 0 bridgehead atoms. The van der Waals surface area contributed by atoms with Gasteiger partial charge < -0.3 is 20.1 Å². The molecule has 60 valence electrons. The number of rotatable bonds is 0. The van der Waals surface area contributed by atoms with Crippen molar-refractivity contribution < 1.29 is 14.9 Å². The van der Waals surface area contributed by atoms with Crippen LogP contribution in [0, 0.1) is 5.21 Å². The number of hydrogen-bond donors (Lipinski definition) is 2. The molecule has 1 heterocycles. The molecule has 1 fully saturated rings. The molecule has 0 spiro atoms. The minimum absolute atomic E-state index is 0.0856. The van der Waals surface area contributed by atoms with Crippen LogP contribution in [0.3, 0.4) is 0 Å². The summed E-state index contributed by atoms with van der Waals surface area (Å²) in [4.78, 5) is 0. The van der Waals surface area contributed by atoms with E-state index in [0.717, 1.165) is 0 Å². The molecule has 4 heteroatoms. The molecule has 2 N–H and O–H groups in total. The van der Waals surface area contributed by atoms with Crippen LogP contribution in [0.15, 0.2) is 0 Å². The Kier molecular flexibility index (Phi) is 2.25. The molecule has 1 saturated heterocycles. The van der Waals surface area contributed by atoms with Crippen molar-refractivity contribution in [2.24, 2.45) is 0 Å². The van der Waals surface area contributed by atoms with Gasteiger partial charge in [-0.2, -0.15) is 0 Å². The fourth-order valence-electron chi connectivity index (χ4n) is 1.04. The lowest BCUT2D eigenvalue weighted by Gasteiger charge is -2.26. The Morgan fingerprint density at radius 1 is 1.70 bits per heavy atom. The number of nitrogens with one attached hydrogen (secondary N) is 1. The highest BCUT2D eigenvalue weighted by Gasteiger charge is 2.26. The van der Waals surface area contributed by atoms with Crippen LogP contribution >= 0.6 is 0 Å². The van der Waals surface area contributed by atoms with Crippen LogP contribution < -0.4 is 5.06 Å². The third-order valence-corrected chi connectivity index (χ3v) is 1.52. The average molecular weight is 147 g/mol. The first kappa shape index (κ1) is 7.94. The fraction of sp³-hybridized carbons (Fsp3) is 1.00. The maximum absolute atomic E-state index is 10.9. The highest BCUT2D eigenvalue weighted by molar-refractivity contribution is 4.71. The monoisotopic (exact) mass is 147 g/mol. The third kappa shape index (κ3) is 2.22. The molecule has 0 amide bonds. The maximum Gasteiger partial charge on any atom is 0.134 e. The molecule has 0 aliphatic carbocycles. The lowest BCUT2D eigenvalue weighted by molar-refractivity contribution is -0.852. The minimum atomic E-state index is -0.937. The predicted octanol–water partition coefficient (Wildman–Crippen LogP) is -1.85. The van der Waals surface area contributed by atoms with Gasteiger partial charge in [-0.15, -0.1) is 0 Å². The second-order valence-corrected chi connectivity index (χ2v) is 3.01. The van der Waals surface area contributed by atoms with Crippen molar-refractivity contribution in [3.63, 3.8) is 0 Å². The zero-order valence-corrected chi connectivity index (χ0v) is 6.09. The molecule has 2 atom stereocenters. The van der Waals surface area contributed by atoms with E-state index in [9.17, 15) is 10.3 Å². The molecular formula is C6H13NO3. The molecule has 0 aromatic heterocycles. The summed E-state index contributed by atoms with van der Waals surface area (Å²) < 4.78 is 5.01. The molecule has 1 rings (SSSR count). The minimum Gasteiger partial charge on any atom is -0.634 e. The summed E-state index contributed by atoms with van der Waals surface area (Å²) in [5, 5.41) is 20.3. The number of hydrogen-bond acceptors (Lipinski definition) is 3. The van der Waals surface area contributed by atoms with E-state index in [1.165, 1.54) is 0 Å². The summed E-state index contributed by atoms with van der Waals surface area (Å²) >= 11 is 0. The first-order valence-electron chi connectivity index (χ1n) is 3.42. The van der Waals surface area contributed by atoms with Crippen LogP contribution in [0.4, 0.5) is 0 Å². The highest BCUT2D eigenvalue weighted by atomic mass is 16.5. The number of ether oxygens (including phenoxy) is 1. The summed E-state index contributed by atoms with van der Waals surface area (Å²) in [6.07, 6.45) is 0. The summed E-state index contributed by atoms with van der Waals surface area (Å²) in [7, 11) is 0. The van der Waals surface area contributed by atoms with Crippen molar-refractivity contribution in [3.05, 3.63) is 5.21 Å². The van der Waals surface area contributed by atoms with E-state index in [1.807, 2.05) is 0 Å². The van der Waals surface area contributed by atoms with Crippen molar-refractivity contribution >= 4 is 0 Å². The van der Waals surface area contributed by atoms with Crippen molar-refractivity contribution in [2.75, 3.05) is 26.3 Å². The molecule has 2 unspecified atom stereocenters. The number of quaternary nitrogens is 1. The van der Waals surface area contributed by atoms with Gasteiger partial charge in [0.1, 0.15) is 18.7 Å². The largest absolute Gasteiger partial charge is 0.634 e. The Morgan fingerprint density at radius 3 is 3.10 bits per heavy atom. The van der Waals surface area contributed by atoms with E-state index < -0.39 is 5.60 Å². The Labute approximate surface area is 60.0 Å². The van der Waals surface area contributed by atoms with Gasteiger partial charge in [-0.05, 0) is 6.92 Å². The zero-order valence-electron chi connectivity index (χ0n) is 6.09. The zero-order chi connectivity index (χ0) is 7.61. The predicted molar refractivity (Wildman–Crippen MR) is 35.5 cm³/mol. The van der Waals surface area contributed by atoms with E-state index >= 15 is 0 Å². The smallest absolute Gasteiger partial charge is 0.134 e. The number of aliphatic hydroxyl groups is 1. The van der Waals surface area contributed by atoms with Crippen molar-refractivity contribution in [2.45, 2.75) is 12.5 Å². The first-order valence-corrected chi connectivity index (χ1v) is 3.42. The van der Waals surface area contributed by atoms with Crippen LogP contribution in [-0.2, 0) is 4.74 Å². The van der Waals surface area contributed by atoms with Gasteiger partial charge in [0.25, 0.3) is 0 Å². The van der Waals surface area contributed by atoms with Gasteiger partial charge in [0, 0.05) is 0 Å². The molecule has 1 aliphatic rings. The molecule has 4 nitrogen and oxygen atoms in total. The lowest BCUT2D eigenvalue weighted by atomic mass is 10.1. The van der Waals surface area contributed by atoms with E-state index in [-0.39, 0.29) is 18.2 Å². The second kappa shape index (κ2) is 2.84. The van der Waals surface area contributed by atoms with Gasteiger partial charge in [-0.3, -0.25) is 0 Å². The van der Waals surface area contributed by atoms with E-state index in [4.69, 9.17) is 4.74 Å². The topological polar surface area (TPSA) is 57.0 Å². The van der Waals surface area contributed by atoms with E-state index in [0.29, 0.717) is 13.2 Å². The van der Waals surface area contributed by atoms with Crippen LogP contribution in [0.2, 0.25) is 0 Å². The molecule has 10 heavy (non-hydrogen) atoms. The Hall–Kier alpha value is -0.160. The molecular weight excluding hydrogens is 134 g/mol. The van der Waals surface area contributed by atoms with Crippen molar-refractivity contribution in [1.82, 2.24) is 0 Å². The van der Waals surface area contributed by atoms with Gasteiger partial charge >= 0.3 is 0 Å². The summed E-state index contributed by atoms with van der Waals surface area (Å²) in [5.74, 6) is 0.